The lowest BCUT2D eigenvalue weighted by molar-refractivity contribution is -0.163. The molecule has 2 bridgehead atoms. The van der Waals surface area contributed by atoms with Crippen LogP contribution in [-0.2, 0) is 21.4 Å². The monoisotopic (exact) mass is 359 g/mol. The van der Waals surface area contributed by atoms with Gasteiger partial charge in [0.15, 0.2) is 0 Å². The molecule has 140 valence electrons. The Balaban J connectivity index is 1.88. The Morgan fingerprint density at radius 3 is 2.88 bits per heavy atom. The first-order chi connectivity index (χ1) is 12.3. The number of nitrogens with one attached hydrogen (secondary N) is 1. The molecule has 0 aromatic heterocycles. The number of ketones is 1. The molecule has 1 saturated carbocycles. The fraction of sp³-hybridized carbons (Fsp3) is 0.600. The van der Waals surface area contributed by atoms with Crippen LogP contribution in [0.2, 0.25) is 0 Å². The van der Waals surface area contributed by atoms with Crippen LogP contribution in [0.15, 0.2) is 12.1 Å². The first kappa shape index (κ1) is 17.5. The number of piperidine rings is 1. The predicted molar refractivity (Wildman–Crippen MR) is 94.5 cm³/mol. The number of benzene rings is 1. The molecule has 3 aliphatic rings. The minimum Gasteiger partial charge on any atom is -0.497 e. The summed E-state index contributed by atoms with van der Waals surface area (Å²) in [6.07, 6.45) is 1.52. The summed E-state index contributed by atoms with van der Waals surface area (Å²) in [5.41, 5.74) is 1.51. The summed E-state index contributed by atoms with van der Waals surface area (Å²) in [6.45, 7) is 2.77. The number of carboxylic acid groups (broad SMARTS) is 1. The van der Waals surface area contributed by atoms with E-state index in [4.69, 9.17) is 9.84 Å². The van der Waals surface area contributed by atoms with Gasteiger partial charge in [-0.2, -0.15) is 0 Å². The lowest BCUT2D eigenvalue weighted by Gasteiger charge is -2.61. The second kappa shape index (κ2) is 5.79. The van der Waals surface area contributed by atoms with Crippen LogP contribution in [-0.4, -0.2) is 47.3 Å². The van der Waals surface area contributed by atoms with Crippen molar-refractivity contribution in [3.05, 3.63) is 28.8 Å². The Kier molecular flexibility index (Phi) is 3.90. The van der Waals surface area contributed by atoms with Crippen molar-refractivity contribution in [3.8, 4) is 5.75 Å². The molecule has 3 N–H and O–H groups in total. The molecule has 0 amide bonds. The van der Waals surface area contributed by atoms with Gasteiger partial charge in [0.2, 0.25) is 0 Å². The van der Waals surface area contributed by atoms with Crippen molar-refractivity contribution in [3.63, 3.8) is 0 Å². The van der Waals surface area contributed by atoms with Gasteiger partial charge in [0.1, 0.15) is 11.5 Å². The van der Waals surface area contributed by atoms with Crippen molar-refractivity contribution in [1.29, 1.82) is 0 Å². The number of carbonyl (C=O) groups excluding carboxylic acids is 1. The van der Waals surface area contributed by atoms with Crippen LogP contribution >= 0.6 is 0 Å². The Morgan fingerprint density at radius 1 is 1.42 bits per heavy atom. The molecule has 0 unspecified atom stereocenters. The van der Waals surface area contributed by atoms with Crippen molar-refractivity contribution in [1.82, 2.24) is 5.32 Å². The van der Waals surface area contributed by atoms with Crippen LogP contribution in [0.5, 0.6) is 5.75 Å². The van der Waals surface area contributed by atoms with Crippen LogP contribution in [0, 0.1) is 12.8 Å². The number of hydrogen-bond acceptors (Lipinski definition) is 5. The average molecular weight is 359 g/mol. The van der Waals surface area contributed by atoms with Gasteiger partial charge < -0.3 is 20.3 Å². The van der Waals surface area contributed by atoms with Gasteiger partial charge in [-0.25, -0.2) is 0 Å². The van der Waals surface area contributed by atoms with Crippen molar-refractivity contribution < 1.29 is 24.5 Å². The van der Waals surface area contributed by atoms with E-state index in [1.807, 2.05) is 19.1 Å². The van der Waals surface area contributed by atoms with E-state index in [-0.39, 0.29) is 31.1 Å². The van der Waals surface area contributed by atoms with Crippen molar-refractivity contribution in [2.75, 3.05) is 13.7 Å². The number of methoxy groups -OCH3 is 1. The van der Waals surface area contributed by atoms with Gasteiger partial charge >= 0.3 is 5.97 Å². The molecule has 4 atom stereocenters. The zero-order chi connectivity index (χ0) is 18.7. The molecule has 1 saturated heterocycles. The molecule has 0 radical (unpaired) electrons. The fourth-order valence-corrected chi connectivity index (χ4v) is 5.59. The number of carboxylic acids is 1. The van der Waals surface area contributed by atoms with E-state index in [1.54, 1.807) is 7.11 Å². The molecule has 4 rings (SSSR count). The Morgan fingerprint density at radius 2 is 2.19 bits per heavy atom. The van der Waals surface area contributed by atoms with Gasteiger partial charge in [-0.05, 0) is 61.6 Å². The molecule has 26 heavy (non-hydrogen) atoms. The minimum absolute atomic E-state index is 0.0500. The number of ether oxygens (including phenoxy) is 1. The summed E-state index contributed by atoms with van der Waals surface area (Å²) in [7, 11) is 1.62. The fourth-order valence-electron chi connectivity index (χ4n) is 5.59. The summed E-state index contributed by atoms with van der Waals surface area (Å²) in [5, 5.41) is 24.4. The van der Waals surface area contributed by atoms with E-state index in [1.165, 1.54) is 5.56 Å². The number of fused-ring (bicyclic) bond motifs is 1. The first-order valence-electron chi connectivity index (χ1n) is 9.19. The third kappa shape index (κ3) is 2.25. The summed E-state index contributed by atoms with van der Waals surface area (Å²) in [6, 6.07) is 3.80. The highest BCUT2D eigenvalue weighted by molar-refractivity contribution is 5.88. The molecule has 1 heterocycles. The van der Waals surface area contributed by atoms with Crippen molar-refractivity contribution in [2.24, 2.45) is 5.92 Å². The maximum Gasteiger partial charge on any atom is 0.304 e. The Labute approximate surface area is 152 Å². The zero-order valence-electron chi connectivity index (χ0n) is 15.2. The normalized spacial score (nSPS) is 35.4. The van der Waals surface area contributed by atoms with Crippen LogP contribution in [0.25, 0.3) is 0 Å². The van der Waals surface area contributed by atoms with Crippen LogP contribution in [0.1, 0.15) is 42.4 Å². The van der Waals surface area contributed by atoms with Gasteiger partial charge in [0.05, 0.1) is 19.1 Å². The number of aliphatic hydroxyl groups is 1. The largest absolute Gasteiger partial charge is 0.497 e. The van der Waals surface area contributed by atoms with Crippen molar-refractivity contribution in [2.45, 2.75) is 56.1 Å². The van der Waals surface area contributed by atoms with Crippen LogP contribution in [0.3, 0.4) is 0 Å². The molecule has 2 aliphatic carbocycles. The van der Waals surface area contributed by atoms with Gasteiger partial charge in [-0.1, -0.05) is 0 Å². The number of hydrogen-bond donors (Lipinski definition) is 3. The molecule has 1 aromatic rings. The average Bonchev–Trinajstić information content (AvgIpc) is 2.56. The van der Waals surface area contributed by atoms with E-state index in [0.29, 0.717) is 12.8 Å². The Hall–Kier alpha value is -1.92. The maximum absolute atomic E-state index is 12.8. The third-order valence-electron chi connectivity index (χ3n) is 6.86. The molecule has 6 nitrogen and oxygen atoms in total. The highest BCUT2D eigenvalue weighted by atomic mass is 16.5. The lowest BCUT2D eigenvalue weighted by atomic mass is 9.48. The van der Waals surface area contributed by atoms with Gasteiger partial charge in [0.25, 0.3) is 0 Å². The zero-order valence-corrected chi connectivity index (χ0v) is 15.2. The molecule has 1 aromatic carbocycles. The highest BCUT2D eigenvalue weighted by Gasteiger charge is 2.65. The lowest BCUT2D eigenvalue weighted by Crippen LogP contribution is -2.73. The predicted octanol–water partition coefficient (Wildman–Crippen LogP) is 1.34. The summed E-state index contributed by atoms with van der Waals surface area (Å²) >= 11 is 0. The van der Waals surface area contributed by atoms with Crippen LogP contribution in [0.4, 0.5) is 0 Å². The SMILES string of the molecule is COc1cc(C)c2c(c1)[C@]13CCN[C@H](C2)[C@]1(O)C[C@H](CC(=O)O)C(=O)C3. The smallest absolute Gasteiger partial charge is 0.304 e. The standard InChI is InChI=1S/C20H25NO5/c1-11-5-13(26-2)7-15-14(11)8-17-20(25)9-12(6-18(23)24)16(22)10-19(15,20)3-4-21-17/h5,7,12,17,21,25H,3-4,6,8-10H2,1-2H3,(H,23,24)/t12-,17+,19+,20+/m0/s1. The highest BCUT2D eigenvalue weighted by Crippen LogP contribution is 2.57. The maximum atomic E-state index is 12.8. The van der Waals surface area contributed by atoms with Gasteiger partial charge in [-0.15, -0.1) is 0 Å². The summed E-state index contributed by atoms with van der Waals surface area (Å²) < 4.78 is 5.45. The van der Waals surface area contributed by atoms with Crippen LogP contribution < -0.4 is 10.1 Å². The molecular formula is C20H25NO5. The second-order valence-corrected chi connectivity index (χ2v) is 8.08. The molecular weight excluding hydrogens is 334 g/mol. The first-order valence-corrected chi connectivity index (χ1v) is 9.19. The third-order valence-corrected chi connectivity index (χ3v) is 6.86. The quantitative estimate of drug-likeness (QED) is 0.754. The number of aryl methyl sites for hydroxylation is 1. The molecule has 2 fully saturated rings. The molecule has 0 spiro atoms. The minimum atomic E-state index is -1.12. The summed E-state index contributed by atoms with van der Waals surface area (Å²) in [4.78, 5) is 24.0. The number of Topliss-reactive ketones (excluding diaryl/α,β-unsaturated/α-hetero) is 1. The van der Waals surface area contributed by atoms with Gasteiger partial charge in [-0.3, -0.25) is 9.59 Å². The number of aliphatic carboxylic acids is 1. The van der Waals surface area contributed by atoms with Gasteiger partial charge in [0, 0.05) is 23.8 Å². The van der Waals surface area contributed by atoms with E-state index in [9.17, 15) is 14.7 Å². The molecule has 6 heteroatoms. The summed E-state index contributed by atoms with van der Waals surface area (Å²) in [5.74, 6) is -0.933. The molecule has 1 aliphatic heterocycles. The number of carbonyl (C=O) groups is 2. The van der Waals surface area contributed by atoms with E-state index >= 15 is 0 Å². The topological polar surface area (TPSA) is 95.9 Å². The second-order valence-electron chi connectivity index (χ2n) is 8.08. The van der Waals surface area contributed by atoms with Crippen molar-refractivity contribution >= 4 is 11.8 Å². The number of rotatable bonds is 3. The van der Waals surface area contributed by atoms with E-state index in [2.05, 4.69) is 5.32 Å². The Bertz CT molecular complexity index is 791. The van der Waals surface area contributed by atoms with E-state index < -0.39 is 22.9 Å². The van der Waals surface area contributed by atoms with E-state index in [0.717, 1.165) is 23.4 Å².